The van der Waals surface area contributed by atoms with Crippen molar-refractivity contribution in [2.45, 2.75) is 13.0 Å². The Bertz CT molecular complexity index is 448. The van der Waals surface area contributed by atoms with Crippen LogP contribution in [0.2, 0.25) is 0 Å². The van der Waals surface area contributed by atoms with Crippen LogP contribution >= 0.6 is 0 Å². The van der Waals surface area contributed by atoms with Crippen LogP contribution in [0.1, 0.15) is 29.1 Å². The third-order valence-corrected chi connectivity index (χ3v) is 2.39. The first-order valence-electron chi connectivity index (χ1n) is 5.16. The first-order chi connectivity index (χ1) is 7.77. The van der Waals surface area contributed by atoms with Crippen molar-refractivity contribution in [2.24, 2.45) is 0 Å². The van der Waals surface area contributed by atoms with E-state index in [2.05, 4.69) is 5.32 Å². The number of benzene rings is 1. The Balaban J connectivity index is 2.03. The Kier molecular flexibility index (Phi) is 3.05. The molecule has 0 radical (unpaired) electrons. The van der Waals surface area contributed by atoms with Gasteiger partial charge in [-0.1, -0.05) is 30.3 Å². The van der Waals surface area contributed by atoms with E-state index in [1.165, 1.54) is 6.26 Å². The molecule has 0 aliphatic rings. The molecule has 3 nitrogen and oxygen atoms in total. The lowest BCUT2D eigenvalue weighted by atomic mass is 10.1. The van der Waals surface area contributed by atoms with Crippen molar-refractivity contribution in [3.63, 3.8) is 0 Å². The molecule has 1 amide bonds. The zero-order valence-corrected chi connectivity index (χ0v) is 9.01. The second kappa shape index (κ2) is 4.66. The first-order valence-corrected chi connectivity index (χ1v) is 5.16. The molecule has 0 saturated heterocycles. The molecule has 1 atom stereocenters. The van der Waals surface area contributed by atoms with Gasteiger partial charge in [-0.3, -0.25) is 4.79 Å². The van der Waals surface area contributed by atoms with Gasteiger partial charge >= 0.3 is 0 Å². The number of amides is 1. The molecule has 1 heterocycles. The first kappa shape index (κ1) is 10.5. The van der Waals surface area contributed by atoms with Gasteiger partial charge in [-0.15, -0.1) is 0 Å². The number of nitrogens with one attached hydrogen (secondary N) is 1. The van der Waals surface area contributed by atoms with E-state index in [4.69, 9.17) is 4.42 Å². The van der Waals surface area contributed by atoms with E-state index >= 15 is 0 Å². The van der Waals surface area contributed by atoms with Crippen LogP contribution in [-0.2, 0) is 0 Å². The molecule has 1 N–H and O–H groups in total. The van der Waals surface area contributed by atoms with Crippen LogP contribution in [0.15, 0.2) is 53.1 Å². The van der Waals surface area contributed by atoms with Crippen molar-refractivity contribution in [1.82, 2.24) is 5.32 Å². The van der Waals surface area contributed by atoms with Gasteiger partial charge in [0.25, 0.3) is 5.91 Å². The molecule has 0 spiro atoms. The van der Waals surface area contributed by atoms with Gasteiger partial charge in [-0.05, 0) is 24.6 Å². The molecule has 0 unspecified atom stereocenters. The molecule has 0 aliphatic heterocycles. The summed E-state index contributed by atoms with van der Waals surface area (Å²) in [6, 6.07) is 13.1. The Morgan fingerprint density at radius 2 is 1.94 bits per heavy atom. The normalized spacial score (nSPS) is 12.1. The maximum atomic E-state index is 11.7. The number of carbonyl (C=O) groups is 1. The van der Waals surface area contributed by atoms with Crippen LogP contribution in [0.25, 0.3) is 0 Å². The predicted octanol–water partition coefficient (Wildman–Crippen LogP) is 2.77. The Labute approximate surface area is 94.1 Å². The molecule has 0 saturated carbocycles. The molecule has 1 aromatic carbocycles. The highest BCUT2D eigenvalue weighted by Gasteiger charge is 2.12. The minimum absolute atomic E-state index is 0.0289. The number of carbonyl (C=O) groups excluding carboxylic acids is 1. The molecule has 2 aromatic rings. The van der Waals surface area contributed by atoms with E-state index < -0.39 is 0 Å². The zero-order valence-electron chi connectivity index (χ0n) is 9.01. The van der Waals surface area contributed by atoms with E-state index in [-0.39, 0.29) is 11.9 Å². The van der Waals surface area contributed by atoms with Gasteiger partial charge in [0.1, 0.15) is 0 Å². The number of hydrogen-bond acceptors (Lipinski definition) is 2. The minimum Gasteiger partial charge on any atom is -0.459 e. The summed E-state index contributed by atoms with van der Waals surface area (Å²) >= 11 is 0. The Morgan fingerprint density at radius 3 is 2.56 bits per heavy atom. The maximum absolute atomic E-state index is 11.7. The van der Waals surface area contributed by atoms with Crippen LogP contribution in [-0.4, -0.2) is 5.91 Å². The van der Waals surface area contributed by atoms with Crippen molar-refractivity contribution in [3.05, 3.63) is 60.1 Å². The fraction of sp³-hybridized carbons (Fsp3) is 0.154. The number of furan rings is 1. The third-order valence-electron chi connectivity index (χ3n) is 2.39. The average Bonchev–Trinajstić information content (AvgIpc) is 2.83. The van der Waals surface area contributed by atoms with Gasteiger partial charge in [0.2, 0.25) is 0 Å². The lowest BCUT2D eigenvalue weighted by Crippen LogP contribution is -2.26. The summed E-state index contributed by atoms with van der Waals surface area (Å²) in [5.41, 5.74) is 1.07. The van der Waals surface area contributed by atoms with Gasteiger partial charge in [0.05, 0.1) is 12.3 Å². The zero-order chi connectivity index (χ0) is 11.4. The van der Waals surface area contributed by atoms with Crippen LogP contribution < -0.4 is 5.32 Å². The quantitative estimate of drug-likeness (QED) is 0.855. The smallest absolute Gasteiger partial charge is 0.287 e. The maximum Gasteiger partial charge on any atom is 0.287 e. The molecule has 0 aliphatic carbocycles. The summed E-state index contributed by atoms with van der Waals surface area (Å²) in [4.78, 5) is 11.7. The number of hydrogen-bond donors (Lipinski definition) is 1. The second-order valence-corrected chi connectivity index (χ2v) is 3.58. The second-order valence-electron chi connectivity index (χ2n) is 3.58. The Hall–Kier alpha value is -2.03. The van der Waals surface area contributed by atoms with E-state index in [1.807, 2.05) is 37.3 Å². The molecule has 0 fully saturated rings. The summed E-state index contributed by atoms with van der Waals surface area (Å²) in [7, 11) is 0. The van der Waals surface area contributed by atoms with Crippen molar-refractivity contribution >= 4 is 5.91 Å². The molecule has 2 rings (SSSR count). The van der Waals surface area contributed by atoms with E-state index in [9.17, 15) is 4.79 Å². The third kappa shape index (κ3) is 2.31. The average molecular weight is 215 g/mol. The molecule has 82 valence electrons. The monoisotopic (exact) mass is 215 g/mol. The lowest BCUT2D eigenvalue weighted by molar-refractivity contribution is 0.0912. The standard InChI is InChI=1S/C13H13NO2/c1-10(11-6-3-2-4-7-11)14-13(15)12-8-5-9-16-12/h2-10H,1H3,(H,14,15)/t10-/m0/s1. The van der Waals surface area contributed by atoms with Gasteiger partial charge in [0, 0.05) is 0 Å². The summed E-state index contributed by atoms with van der Waals surface area (Å²) < 4.78 is 5.02. The summed E-state index contributed by atoms with van der Waals surface area (Å²) in [6.07, 6.45) is 1.49. The van der Waals surface area contributed by atoms with Crippen LogP contribution in [0.3, 0.4) is 0 Å². The highest BCUT2D eigenvalue weighted by atomic mass is 16.3. The van der Waals surface area contributed by atoms with Crippen LogP contribution in [0, 0.1) is 0 Å². The molecule has 0 bridgehead atoms. The highest BCUT2D eigenvalue weighted by Crippen LogP contribution is 2.12. The minimum atomic E-state index is -0.193. The van der Waals surface area contributed by atoms with Crippen LogP contribution in [0.4, 0.5) is 0 Å². The van der Waals surface area contributed by atoms with Gasteiger partial charge < -0.3 is 9.73 Å². The fourth-order valence-electron chi connectivity index (χ4n) is 1.50. The van der Waals surface area contributed by atoms with Crippen LogP contribution in [0.5, 0.6) is 0 Å². The van der Waals surface area contributed by atoms with E-state index in [1.54, 1.807) is 12.1 Å². The summed E-state index contributed by atoms with van der Waals surface area (Å²) in [5, 5.41) is 2.87. The topological polar surface area (TPSA) is 42.2 Å². The van der Waals surface area contributed by atoms with Crippen molar-refractivity contribution in [2.75, 3.05) is 0 Å². The van der Waals surface area contributed by atoms with Gasteiger partial charge in [-0.25, -0.2) is 0 Å². The number of rotatable bonds is 3. The van der Waals surface area contributed by atoms with Gasteiger partial charge in [-0.2, -0.15) is 0 Å². The molecule has 1 aromatic heterocycles. The highest BCUT2D eigenvalue weighted by molar-refractivity contribution is 5.91. The van der Waals surface area contributed by atoms with Gasteiger partial charge in [0.15, 0.2) is 5.76 Å². The van der Waals surface area contributed by atoms with Crippen molar-refractivity contribution < 1.29 is 9.21 Å². The van der Waals surface area contributed by atoms with E-state index in [0.717, 1.165) is 5.56 Å². The molecular formula is C13H13NO2. The van der Waals surface area contributed by atoms with E-state index in [0.29, 0.717) is 5.76 Å². The van der Waals surface area contributed by atoms with Crippen molar-refractivity contribution in [3.8, 4) is 0 Å². The molecular weight excluding hydrogens is 202 g/mol. The largest absolute Gasteiger partial charge is 0.459 e. The summed E-state index contributed by atoms with van der Waals surface area (Å²) in [6.45, 7) is 1.94. The fourth-order valence-corrected chi connectivity index (χ4v) is 1.50. The molecule has 3 heteroatoms. The predicted molar refractivity (Wildman–Crippen MR) is 61.0 cm³/mol. The molecule has 16 heavy (non-hydrogen) atoms. The Morgan fingerprint density at radius 1 is 1.19 bits per heavy atom. The van der Waals surface area contributed by atoms with Crippen molar-refractivity contribution in [1.29, 1.82) is 0 Å². The SMILES string of the molecule is C[C@H](NC(=O)c1ccco1)c1ccccc1. The lowest BCUT2D eigenvalue weighted by Gasteiger charge is -2.12. The summed E-state index contributed by atoms with van der Waals surface area (Å²) in [5.74, 6) is 0.143.